The highest BCUT2D eigenvalue weighted by Gasteiger charge is 2.58. The van der Waals surface area contributed by atoms with Crippen LogP contribution in [-0.2, 0) is 0 Å². The van der Waals surface area contributed by atoms with Crippen molar-refractivity contribution < 1.29 is 20.6 Å². The normalized spacial score (nSPS) is 106. The molecule has 4 atom stereocenters. The third-order valence-corrected chi connectivity index (χ3v) is 2.44. The van der Waals surface area contributed by atoms with E-state index in [2.05, 4.69) is 0 Å². The molecule has 13 heavy (non-hydrogen) atoms. The van der Waals surface area contributed by atoms with Crippen molar-refractivity contribution in [1.29, 1.82) is 0 Å². The molecule has 0 heterocycles. The Hall–Kier alpha value is -0.0400. The number of rotatable bonds is 0. The fourth-order valence-corrected chi connectivity index (χ4v) is 2.22. The Kier molecular flexibility index (Phi) is 0.314. The summed E-state index contributed by atoms with van der Waals surface area (Å²) in [5, 5.41) is 0. The second kappa shape index (κ2) is 1.98. The van der Waals surface area contributed by atoms with E-state index < -0.39 is 67.4 Å². The van der Waals surface area contributed by atoms with Gasteiger partial charge < -0.3 is 5.73 Å². The average Bonchev–Trinajstić information content (AvgIpc) is 2.37. The molecule has 0 aromatic rings. The predicted octanol–water partition coefficient (Wildman–Crippen LogP) is 2.69. The standard InChI is InChI=1S/C12H21N/c1-10-3-9-4-11(2,6-10)8-12(13,5-9)7-10/h9H,3-8,13H2,1-2H3/i1D3,3D2,4D2,5D2,6D2,7D2,8D2. The third-order valence-electron chi connectivity index (χ3n) is 2.44. The van der Waals surface area contributed by atoms with E-state index in [1.807, 2.05) is 0 Å². The van der Waals surface area contributed by atoms with Crippen LogP contribution >= 0.6 is 0 Å². The van der Waals surface area contributed by atoms with E-state index in [1.54, 1.807) is 0 Å². The minimum atomic E-state index is -3.75. The first-order valence-corrected chi connectivity index (χ1v) is 4.15. The van der Waals surface area contributed by atoms with Gasteiger partial charge in [0.2, 0.25) is 0 Å². The lowest BCUT2D eigenvalue weighted by atomic mass is 9.43. The van der Waals surface area contributed by atoms with Gasteiger partial charge >= 0.3 is 0 Å². The average molecular weight is 194 g/mol. The van der Waals surface area contributed by atoms with Crippen molar-refractivity contribution in [3.05, 3.63) is 0 Å². The van der Waals surface area contributed by atoms with Crippen molar-refractivity contribution in [2.24, 2.45) is 22.5 Å². The first-order valence-electron chi connectivity index (χ1n) is 11.7. The number of hydrogen-bond donors (Lipinski definition) is 1. The predicted molar refractivity (Wildman–Crippen MR) is 54.3 cm³/mol. The van der Waals surface area contributed by atoms with Crippen molar-refractivity contribution in [2.75, 3.05) is 0 Å². The van der Waals surface area contributed by atoms with Gasteiger partial charge in [0.1, 0.15) is 0 Å². The molecule has 4 aliphatic rings. The van der Waals surface area contributed by atoms with Gasteiger partial charge in [0, 0.05) is 26.1 Å². The van der Waals surface area contributed by atoms with Crippen LogP contribution in [0.15, 0.2) is 0 Å². The lowest BCUT2D eigenvalue weighted by molar-refractivity contribution is -0.104. The van der Waals surface area contributed by atoms with Crippen molar-refractivity contribution in [3.8, 4) is 0 Å². The molecule has 0 amide bonds. The molecule has 4 fully saturated rings. The molecule has 0 aromatic heterocycles. The summed E-state index contributed by atoms with van der Waals surface area (Å²) in [7, 11) is 0. The zero-order chi connectivity index (χ0) is 22.6. The van der Waals surface area contributed by atoms with E-state index in [4.69, 9.17) is 26.3 Å². The zero-order valence-electron chi connectivity index (χ0n) is 22.2. The van der Waals surface area contributed by atoms with Crippen LogP contribution in [0.2, 0.25) is 0 Å². The summed E-state index contributed by atoms with van der Waals surface area (Å²) in [4.78, 5) is 0. The molecule has 1 nitrogen and oxygen atoms in total. The third kappa shape index (κ3) is 1.09. The van der Waals surface area contributed by atoms with E-state index in [9.17, 15) is 0 Å². The molecular weight excluding hydrogens is 158 g/mol. The maximum Gasteiger partial charge on any atom is 0.0291 e. The van der Waals surface area contributed by atoms with Crippen LogP contribution in [0.25, 0.3) is 0 Å². The van der Waals surface area contributed by atoms with Gasteiger partial charge in [-0.2, -0.15) is 0 Å². The molecule has 0 aromatic carbocycles. The van der Waals surface area contributed by atoms with E-state index in [0.717, 1.165) is 6.92 Å². The van der Waals surface area contributed by atoms with Crippen LogP contribution in [-0.4, -0.2) is 5.54 Å². The summed E-state index contributed by atoms with van der Waals surface area (Å²) < 4.78 is 125. The molecule has 4 rings (SSSR count). The minimum absolute atomic E-state index is 0.738. The first-order chi connectivity index (χ1) is 11.9. The van der Waals surface area contributed by atoms with E-state index >= 15 is 0 Å². The molecule has 4 unspecified atom stereocenters. The Morgan fingerprint density at radius 1 is 1.23 bits per heavy atom. The fraction of sp³-hybridized carbons (Fsp3) is 1.00. The monoisotopic (exact) mass is 194 g/mol. The summed E-state index contributed by atoms with van der Waals surface area (Å²) in [5.74, 6) is -2.53. The van der Waals surface area contributed by atoms with Crippen molar-refractivity contribution in [3.63, 3.8) is 0 Å². The molecule has 0 aliphatic heterocycles. The van der Waals surface area contributed by atoms with E-state index in [0.29, 0.717) is 0 Å². The topological polar surface area (TPSA) is 26.0 Å². The Labute approximate surface area is 102 Å². The molecule has 0 spiro atoms. The summed E-state index contributed by atoms with van der Waals surface area (Å²) in [6.07, 6.45) is -21.0. The summed E-state index contributed by atoms with van der Waals surface area (Å²) in [6.45, 7) is -3.00. The molecule has 4 bridgehead atoms. The van der Waals surface area contributed by atoms with Crippen LogP contribution in [0.3, 0.4) is 0 Å². The van der Waals surface area contributed by atoms with Crippen LogP contribution in [0.4, 0.5) is 0 Å². The minimum Gasteiger partial charge on any atom is -0.325 e. The molecular formula is C12H21N. The second-order valence-electron chi connectivity index (χ2n) is 3.92. The van der Waals surface area contributed by atoms with Gasteiger partial charge in [-0.1, -0.05) is 13.8 Å². The lowest BCUT2D eigenvalue weighted by Crippen LogP contribution is -2.62. The van der Waals surface area contributed by atoms with Gasteiger partial charge in [-0.3, -0.25) is 0 Å². The van der Waals surface area contributed by atoms with Crippen LogP contribution in [0, 0.1) is 16.7 Å². The van der Waals surface area contributed by atoms with Gasteiger partial charge in [-0.05, 0) is 55.0 Å². The summed E-state index contributed by atoms with van der Waals surface area (Å²) >= 11 is 0. The van der Waals surface area contributed by atoms with Crippen molar-refractivity contribution in [2.45, 2.75) is 57.6 Å². The smallest absolute Gasteiger partial charge is 0.0291 e. The quantitative estimate of drug-likeness (QED) is 0.630. The van der Waals surface area contributed by atoms with E-state index in [-0.39, 0.29) is 0 Å². The molecule has 0 radical (unpaired) electrons. The maximum absolute atomic E-state index is 8.56. The lowest BCUT2D eigenvalue weighted by Gasteiger charge is -2.64. The molecule has 0 saturated heterocycles. The first kappa shape index (κ1) is 2.07. The molecule has 1 heteroatoms. The highest BCUT2D eigenvalue weighted by atomic mass is 14.8. The largest absolute Gasteiger partial charge is 0.325 e. The molecule has 4 saturated carbocycles. The number of nitrogens with two attached hydrogens (primary N) is 1. The van der Waals surface area contributed by atoms with Crippen LogP contribution < -0.4 is 5.73 Å². The Morgan fingerprint density at radius 3 is 2.69 bits per heavy atom. The maximum atomic E-state index is 8.56. The number of hydrogen-bond acceptors (Lipinski definition) is 1. The Balaban J connectivity index is 2.72. The fourth-order valence-electron chi connectivity index (χ4n) is 2.22. The Bertz CT molecular complexity index is 707. The van der Waals surface area contributed by atoms with Gasteiger partial charge in [0.05, 0.1) is 0 Å². The van der Waals surface area contributed by atoms with Gasteiger partial charge in [-0.25, -0.2) is 0 Å². The van der Waals surface area contributed by atoms with Crippen molar-refractivity contribution >= 4 is 0 Å². The van der Waals surface area contributed by atoms with Crippen LogP contribution in [0.1, 0.15) is 72.6 Å². The Morgan fingerprint density at radius 2 is 1.92 bits per heavy atom. The second-order valence-corrected chi connectivity index (χ2v) is 3.92. The molecule has 4 aliphatic carbocycles. The SMILES string of the molecule is [2H]C([2H])([2H])C12C([2H])([2H])C3C([2H])([2H])C(C)(C([2H])([2H])C(N)(C3([2H])[2H])C1([2H])[2H])C2([2H])[2H]. The van der Waals surface area contributed by atoms with Gasteiger partial charge in [-0.15, -0.1) is 0 Å². The molecule has 74 valence electrons. The van der Waals surface area contributed by atoms with Gasteiger partial charge in [0.25, 0.3) is 0 Å². The van der Waals surface area contributed by atoms with Gasteiger partial charge in [0.15, 0.2) is 0 Å². The highest BCUT2D eigenvalue weighted by Crippen LogP contribution is 2.65. The summed E-state index contributed by atoms with van der Waals surface area (Å²) in [5.41, 5.74) is -3.93. The molecule has 2 N–H and O–H groups in total. The highest BCUT2D eigenvalue weighted by molar-refractivity contribution is 5.12. The zero-order valence-corrected chi connectivity index (χ0v) is 7.15. The van der Waals surface area contributed by atoms with Crippen LogP contribution in [0.5, 0.6) is 0 Å². The summed E-state index contributed by atoms with van der Waals surface area (Å²) in [6, 6.07) is 0. The van der Waals surface area contributed by atoms with E-state index in [1.165, 1.54) is 0 Å². The van der Waals surface area contributed by atoms with Crippen molar-refractivity contribution in [1.82, 2.24) is 0 Å².